The van der Waals surface area contributed by atoms with Crippen LogP contribution in [0.2, 0.25) is 0 Å². The first-order chi connectivity index (χ1) is 16.5. The molecule has 0 aliphatic carbocycles. The molecule has 4 rings (SSSR count). The number of nitrogens with one attached hydrogen (secondary N) is 2. The molecule has 2 aromatic heterocycles. The summed E-state index contributed by atoms with van der Waals surface area (Å²) in [6.45, 7) is 6.55. The van der Waals surface area contributed by atoms with E-state index in [1.54, 1.807) is 6.07 Å². The topological polar surface area (TPSA) is 117 Å². The molecular formula is C27H35N5O2. The number of aliphatic hydroxyl groups is 1. The number of anilines is 2. The number of hydrogen-bond donors (Lipinski definition) is 4. The smallest absolute Gasteiger partial charge is 0.130 e. The minimum absolute atomic E-state index is 0.0819. The summed E-state index contributed by atoms with van der Waals surface area (Å²) in [5.41, 5.74) is 11.4. The van der Waals surface area contributed by atoms with Gasteiger partial charge in [-0.05, 0) is 61.7 Å². The van der Waals surface area contributed by atoms with Crippen LogP contribution in [0.5, 0.6) is 0 Å². The predicted molar refractivity (Wildman–Crippen MR) is 137 cm³/mol. The molecule has 1 aromatic carbocycles. The molecule has 0 radical (unpaired) electrons. The summed E-state index contributed by atoms with van der Waals surface area (Å²) in [7, 11) is 0. The highest BCUT2D eigenvalue weighted by molar-refractivity contribution is 5.91. The van der Waals surface area contributed by atoms with E-state index in [4.69, 9.17) is 15.9 Å². The lowest BCUT2D eigenvalue weighted by Crippen LogP contribution is -2.08. The van der Waals surface area contributed by atoms with Crippen LogP contribution in [0, 0.1) is 5.41 Å². The third-order valence-electron chi connectivity index (χ3n) is 5.48. The Kier molecular flexibility index (Phi) is 9.27. The Balaban J connectivity index is 0.00000103. The summed E-state index contributed by atoms with van der Waals surface area (Å²) in [4.78, 5) is 9.11. The summed E-state index contributed by atoms with van der Waals surface area (Å²) >= 11 is 0. The van der Waals surface area contributed by atoms with Crippen molar-refractivity contribution < 1.29 is 9.84 Å². The van der Waals surface area contributed by atoms with Gasteiger partial charge >= 0.3 is 0 Å². The quantitative estimate of drug-likeness (QED) is 0.346. The molecule has 180 valence electrons. The van der Waals surface area contributed by atoms with E-state index >= 15 is 0 Å². The molecule has 0 bridgehead atoms. The normalized spacial score (nSPS) is 17.1. The summed E-state index contributed by atoms with van der Waals surface area (Å²) in [5, 5.41) is 20.9. The molecule has 3 aromatic rings. The van der Waals surface area contributed by atoms with Gasteiger partial charge in [0.25, 0.3) is 0 Å². The summed E-state index contributed by atoms with van der Waals surface area (Å²) in [6, 6.07) is 15.3. The van der Waals surface area contributed by atoms with E-state index in [-0.39, 0.29) is 18.8 Å². The molecule has 0 amide bonds. The van der Waals surface area contributed by atoms with Crippen molar-refractivity contribution in [2.45, 2.75) is 65.4 Å². The van der Waals surface area contributed by atoms with Gasteiger partial charge in [0.05, 0.1) is 35.9 Å². The van der Waals surface area contributed by atoms with Crippen molar-refractivity contribution in [1.29, 1.82) is 5.41 Å². The monoisotopic (exact) mass is 461 g/mol. The predicted octanol–water partition coefficient (Wildman–Crippen LogP) is 5.49. The van der Waals surface area contributed by atoms with Crippen LogP contribution in [0.15, 0.2) is 48.5 Å². The minimum atomic E-state index is -0.137. The summed E-state index contributed by atoms with van der Waals surface area (Å²) in [5.74, 6) is 0.599. The molecule has 0 spiro atoms. The van der Waals surface area contributed by atoms with Crippen LogP contribution in [0.25, 0.3) is 11.3 Å². The molecule has 3 heterocycles. The third kappa shape index (κ3) is 6.26. The van der Waals surface area contributed by atoms with Gasteiger partial charge in [-0.2, -0.15) is 0 Å². The van der Waals surface area contributed by atoms with Crippen molar-refractivity contribution in [1.82, 2.24) is 9.97 Å². The van der Waals surface area contributed by atoms with Gasteiger partial charge in [0.2, 0.25) is 0 Å². The highest BCUT2D eigenvalue weighted by atomic mass is 16.5. The van der Waals surface area contributed by atoms with Gasteiger partial charge in [0.1, 0.15) is 5.82 Å². The van der Waals surface area contributed by atoms with Gasteiger partial charge in [0, 0.05) is 29.6 Å². The van der Waals surface area contributed by atoms with Crippen molar-refractivity contribution in [2.24, 2.45) is 5.73 Å². The van der Waals surface area contributed by atoms with Crippen molar-refractivity contribution in [2.75, 3.05) is 5.32 Å². The zero-order valence-corrected chi connectivity index (χ0v) is 20.2. The fourth-order valence-electron chi connectivity index (χ4n) is 3.92. The Bertz CT molecular complexity index is 1100. The van der Waals surface area contributed by atoms with E-state index in [2.05, 4.69) is 42.1 Å². The lowest BCUT2D eigenvalue weighted by Gasteiger charge is -2.20. The van der Waals surface area contributed by atoms with Gasteiger partial charge in [-0.1, -0.05) is 32.4 Å². The Hall–Kier alpha value is -3.13. The van der Waals surface area contributed by atoms with Crippen molar-refractivity contribution >= 4 is 17.7 Å². The van der Waals surface area contributed by atoms with Crippen LogP contribution in [0.1, 0.15) is 68.7 Å². The van der Waals surface area contributed by atoms with Crippen LogP contribution in [0.3, 0.4) is 0 Å². The first-order valence-corrected chi connectivity index (χ1v) is 11.9. The molecule has 1 saturated heterocycles. The first kappa shape index (κ1) is 25.5. The molecule has 0 saturated carbocycles. The average Bonchev–Trinajstić information content (AvgIpc) is 3.30. The number of ether oxygens (including phenoxy) is 1. The molecule has 34 heavy (non-hydrogen) atoms. The number of hydrogen-bond acceptors (Lipinski definition) is 7. The average molecular weight is 462 g/mol. The van der Waals surface area contributed by atoms with Crippen molar-refractivity contribution in [3.63, 3.8) is 0 Å². The van der Waals surface area contributed by atoms with Crippen molar-refractivity contribution in [3.8, 4) is 11.3 Å². The van der Waals surface area contributed by atoms with Gasteiger partial charge < -0.3 is 26.3 Å². The molecule has 1 aliphatic heterocycles. The van der Waals surface area contributed by atoms with Gasteiger partial charge in [-0.25, -0.2) is 4.98 Å². The molecule has 2 atom stereocenters. The van der Waals surface area contributed by atoms with Gasteiger partial charge in [0.15, 0.2) is 0 Å². The van der Waals surface area contributed by atoms with Crippen LogP contribution in [0.4, 0.5) is 11.5 Å². The minimum Gasteiger partial charge on any atom is -0.390 e. The van der Waals surface area contributed by atoms with Crippen molar-refractivity contribution in [3.05, 3.63) is 71.0 Å². The lowest BCUT2D eigenvalue weighted by molar-refractivity contribution is 0.0555. The number of aliphatic hydroxyl groups excluding tert-OH is 1. The Morgan fingerprint density at radius 2 is 1.85 bits per heavy atom. The molecule has 5 N–H and O–H groups in total. The number of nitrogens with zero attached hydrogens (tertiary/aromatic N) is 2. The van der Waals surface area contributed by atoms with E-state index in [0.29, 0.717) is 18.1 Å². The maximum Gasteiger partial charge on any atom is 0.130 e. The maximum absolute atomic E-state index is 9.42. The first-order valence-electron chi connectivity index (χ1n) is 11.9. The van der Waals surface area contributed by atoms with E-state index in [9.17, 15) is 5.11 Å². The number of rotatable bonds is 7. The van der Waals surface area contributed by atoms with E-state index in [0.717, 1.165) is 46.6 Å². The van der Waals surface area contributed by atoms with Crippen LogP contribution in [-0.4, -0.2) is 27.4 Å². The van der Waals surface area contributed by atoms with E-state index in [1.807, 2.05) is 36.4 Å². The second-order valence-electron chi connectivity index (χ2n) is 8.41. The SMILES string of the molecule is CC1CCC(c2cc(-c3cccc(CN)n3)cc(Nc3cccc(CO)n3)c2C=N)O1.CCC. The van der Waals surface area contributed by atoms with Crippen LogP contribution in [-0.2, 0) is 17.9 Å². The lowest BCUT2D eigenvalue weighted by atomic mass is 9.94. The molecule has 1 fully saturated rings. The van der Waals surface area contributed by atoms with Crippen LogP contribution >= 0.6 is 0 Å². The van der Waals surface area contributed by atoms with Gasteiger partial charge in [-0.3, -0.25) is 4.98 Å². The fraction of sp³-hybridized carbons (Fsp3) is 0.370. The van der Waals surface area contributed by atoms with Gasteiger partial charge in [-0.15, -0.1) is 0 Å². The summed E-state index contributed by atoms with van der Waals surface area (Å²) in [6.07, 6.45) is 4.59. The Labute approximate surface area is 201 Å². The number of aromatic nitrogens is 2. The highest BCUT2D eigenvalue weighted by Crippen LogP contribution is 2.39. The zero-order valence-electron chi connectivity index (χ0n) is 20.2. The fourth-order valence-corrected chi connectivity index (χ4v) is 3.92. The number of nitrogens with two attached hydrogens (primary N) is 1. The highest BCUT2D eigenvalue weighted by Gasteiger charge is 2.27. The third-order valence-corrected chi connectivity index (χ3v) is 5.48. The van der Waals surface area contributed by atoms with E-state index in [1.165, 1.54) is 12.6 Å². The molecule has 7 nitrogen and oxygen atoms in total. The molecule has 2 unspecified atom stereocenters. The number of benzene rings is 1. The number of pyridine rings is 2. The molecule has 1 aliphatic rings. The van der Waals surface area contributed by atoms with Crippen LogP contribution < -0.4 is 11.1 Å². The molecule has 7 heteroatoms. The Morgan fingerprint density at radius 1 is 1.12 bits per heavy atom. The zero-order chi connectivity index (χ0) is 24.5. The largest absolute Gasteiger partial charge is 0.390 e. The maximum atomic E-state index is 9.42. The second-order valence-corrected chi connectivity index (χ2v) is 8.41. The summed E-state index contributed by atoms with van der Waals surface area (Å²) < 4.78 is 6.15. The Morgan fingerprint density at radius 3 is 2.50 bits per heavy atom. The van der Waals surface area contributed by atoms with E-state index < -0.39 is 0 Å². The standard InChI is InChI=1S/C24H27N5O2.C3H8/c1-15-8-9-23(31-15)19-10-16(21-6-2-4-17(12-25)27-21)11-22(20(19)13-26)29-24-7-3-5-18(14-30)28-24;1-3-2/h2-7,10-11,13,15,23,26,30H,8-9,12,14,25H2,1H3,(H,28,29);3H2,1-2H3. The molecular weight excluding hydrogens is 426 g/mol. The second kappa shape index (κ2) is 12.4.